The maximum Gasteiger partial charge on any atom is 0.267 e. The van der Waals surface area contributed by atoms with Crippen LogP contribution in [0.2, 0.25) is 0 Å². The number of aryl methyl sites for hydroxylation is 3. The SMILES string of the molecule is Cc1cc2c(cn1)cc(-c1cc(Nc3noc(C4CCCOC4)n3)ccc1C)c(=O)n2C. The van der Waals surface area contributed by atoms with Crippen molar-refractivity contribution >= 4 is 22.5 Å². The van der Waals surface area contributed by atoms with Gasteiger partial charge in [0, 0.05) is 42.2 Å². The predicted molar refractivity (Wildman–Crippen MR) is 122 cm³/mol. The second kappa shape index (κ2) is 8.20. The van der Waals surface area contributed by atoms with Gasteiger partial charge in [0.05, 0.1) is 18.0 Å². The summed E-state index contributed by atoms with van der Waals surface area (Å²) in [6.45, 7) is 5.30. The lowest BCUT2D eigenvalue weighted by atomic mass is 9.99. The highest BCUT2D eigenvalue weighted by atomic mass is 16.5. The number of hydrogen-bond acceptors (Lipinski definition) is 7. The summed E-state index contributed by atoms with van der Waals surface area (Å²) in [4.78, 5) is 22.0. The van der Waals surface area contributed by atoms with E-state index in [0.29, 0.717) is 24.0 Å². The molecule has 4 aromatic rings. The molecule has 164 valence electrons. The summed E-state index contributed by atoms with van der Waals surface area (Å²) < 4.78 is 12.6. The first-order valence-corrected chi connectivity index (χ1v) is 10.8. The van der Waals surface area contributed by atoms with Crippen molar-refractivity contribution in [1.29, 1.82) is 0 Å². The Morgan fingerprint density at radius 1 is 1.16 bits per heavy atom. The predicted octanol–water partition coefficient (Wildman–Crippen LogP) is 4.24. The second-order valence-electron chi connectivity index (χ2n) is 8.33. The summed E-state index contributed by atoms with van der Waals surface area (Å²) >= 11 is 0. The number of nitrogens with one attached hydrogen (secondary N) is 1. The topological polar surface area (TPSA) is 95.1 Å². The van der Waals surface area contributed by atoms with Crippen LogP contribution in [0.5, 0.6) is 0 Å². The maximum absolute atomic E-state index is 13.2. The smallest absolute Gasteiger partial charge is 0.267 e. The van der Waals surface area contributed by atoms with E-state index in [1.165, 1.54) is 0 Å². The molecule has 5 rings (SSSR count). The van der Waals surface area contributed by atoms with Crippen molar-refractivity contribution in [2.24, 2.45) is 7.05 Å². The molecule has 0 spiro atoms. The van der Waals surface area contributed by atoms with Gasteiger partial charge in [-0.1, -0.05) is 6.07 Å². The van der Waals surface area contributed by atoms with Gasteiger partial charge in [-0.2, -0.15) is 4.98 Å². The van der Waals surface area contributed by atoms with Crippen LogP contribution in [-0.2, 0) is 11.8 Å². The molecule has 1 saturated heterocycles. The van der Waals surface area contributed by atoms with E-state index in [1.54, 1.807) is 17.8 Å². The summed E-state index contributed by atoms with van der Waals surface area (Å²) in [7, 11) is 1.79. The zero-order valence-electron chi connectivity index (χ0n) is 18.4. The van der Waals surface area contributed by atoms with Crippen LogP contribution in [0.3, 0.4) is 0 Å². The summed E-state index contributed by atoms with van der Waals surface area (Å²) in [6, 6.07) is 9.70. The number of ether oxygens (including phenoxy) is 1. The minimum Gasteiger partial charge on any atom is -0.381 e. The number of aromatic nitrogens is 4. The fourth-order valence-corrected chi connectivity index (χ4v) is 4.16. The third-order valence-corrected chi connectivity index (χ3v) is 5.98. The first-order valence-electron chi connectivity index (χ1n) is 10.8. The highest BCUT2D eigenvalue weighted by molar-refractivity contribution is 5.85. The van der Waals surface area contributed by atoms with E-state index >= 15 is 0 Å². The van der Waals surface area contributed by atoms with Crippen molar-refractivity contribution in [3.8, 4) is 11.1 Å². The lowest BCUT2D eigenvalue weighted by Crippen LogP contribution is -2.19. The number of fused-ring (bicyclic) bond motifs is 1. The Labute approximate surface area is 185 Å². The average Bonchev–Trinajstić information content (AvgIpc) is 3.27. The third-order valence-electron chi connectivity index (χ3n) is 5.98. The van der Waals surface area contributed by atoms with Crippen molar-refractivity contribution in [3.05, 3.63) is 64.0 Å². The standard InChI is InChI=1S/C24H25N5O3/c1-14-6-7-18(26-24-27-22(32-28-24)16-5-4-8-31-13-16)11-19(14)20-10-17-12-25-15(2)9-21(17)29(3)23(20)30/h6-7,9-12,16H,4-5,8,13H2,1-3H3,(H,26,28). The van der Waals surface area contributed by atoms with Gasteiger partial charge in [-0.05, 0) is 67.2 Å². The molecule has 1 aromatic carbocycles. The van der Waals surface area contributed by atoms with Crippen molar-refractivity contribution in [2.45, 2.75) is 32.6 Å². The van der Waals surface area contributed by atoms with Gasteiger partial charge in [-0.25, -0.2) is 0 Å². The van der Waals surface area contributed by atoms with E-state index in [0.717, 1.165) is 52.9 Å². The number of nitrogens with zero attached hydrogens (tertiary/aromatic N) is 4. The minimum absolute atomic E-state index is 0.0532. The molecule has 0 amide bonds. The van der Waals surface area contributed by atoms with Gasteiger partial charge in [-0.15, -0.1) is 0 Å². The third kappa shape index (κ3) is 3.78. The van der Waals surface area contributed by atoms with Crippen LogP contribution >= 0.6 is 0 Å². The summed E-state index contributed by atoms with van der Waals surface area (Å²) in [5.74, 6) is 1.12. The van der Waals surface area contributed by atoms with Crippen LogP contribution in [0.4, 0.5) is 11.6 Å². The highest BCUT2D eigenvalue weighted by Gasteiger charge is 2.22. The molecule has 3 aromatic heterocycles. The van der Waals surface area contributed by atoms with Crippen LogP contribution in [-0.4, -0.2) is 32.9 Å². The van der Waals surface area contributed by atoms with E-state index in [-0.39, 0.29) is 11.5 Å². The van der Waals surface area contributed by atoms with Crippen molar-refractivity contribution < 1.29 is 9.26 Å². The number of pyridine rings is 2. The summed E-state index contributed by atoms with van der Waals surface area (Å²) in [5.41, 5.74) is 4.94. The molecule has 1 aliphatic rings. The molecule has 1 unspecified atom stereocenters. The van der Waals surface area contributed by atoms with Crippen molar-refractivity contribution in [2.75, 3.05) is 18.5 Å². The normalized spacial score (nSPS) is 16.4. The number of rotatable bonds is 4. The molecule has 1 fully saturated rings. The van der Waals surface area contributed by atoms with E-state index in [1.807, 2.05) is 44.2 Å². The Bertz CT molecular complexity index is 1350. The van der Waals surface area contributed by atoms with Gasteiger partial charge in [0.25, 0.3) is 11.5 Å². The highest BCUT2D eigenvalue weighted by Crippen LogP contribution is 2.29. The van der Waals surface area contributed by atoms with Crippen LogP contribution < -0.4 is 10.9 Å². The molecule has 32 heavy (non-hydrogen) atoms. The molecule has 1 aliphatic heterocycles. The molecule has 0 aliphatic carbocycles. The molecule has 0 saturated carbocycles. The zero-order valence-corrected chi connectivity index (χ0v) is 18.4. The Morgan fingerprint density at radius 2 is 2.03 bits per heavy atom. The second-order valence-corrected chi connectivity index (χ2v) is 8.33. The first-order chi connectivity index (χ1) is 15.5. The van der Waals surface area contributed by atoms with Gasteiger partial charge >= 0.3 is 0 Å². The van der Waals surface area contributed by atoms with Gasteiger partial charge in [0.15, 0.2) is 0 Å². The molecule has 8 nitrogen and oxygen atoms in total. The summed E-state index contributed by atoms with van der Waals surface area (Å²) in [5, 5.41) is 8.19. The fraction of sp³-hybridized carbons (Fsp3) is 0.333. The van der Waals surface area contributed by atoms with Gasteiger partial charge < -0.3 is 19.1 Å². The van der Waals surface area contributed by atoms with E-state index in [9.17, 15) is 4.79 Å². The molecule has 1 N–H and O–H groups in total. The van der Waals surface area contributed by atoms with Gasteiger partial charge in [0.1, 0.15) is 0 Å². The van der Waals surface area contributed by atoms with Gasteiger partial charge in [0.2, 0.25) is 5.89 Å². The van der Waals surface area contributed by atoms with Crippen molar-refractivity contribution in [3.63, 3.8) is 0 Å². The maximum atomic E-state index is 13.2. The number of benzene rings is 1. The summed E-state index contributed by atoms with van der Waals surface area (Å²) in [6.07, 6.45) is 3.78. The van der Waals surface area contributed by atoms with Crippen LogP contribution in [0.1, 0.15) is 35.9 Å². The van der Waals surface area contributed by atoms with Crippen LogP contribution in [0, 0.1) is 13.8 Å². The fourth-order valence-electron chi connectivity index (χ4n) is 4.16. The minimum atomic E-state index is -0.0532. The monoisotopic (exact) mass is 431 g/mol. The number of anilines is 2. The average molecular weight is 431 g/mol. The molecular formula is C24H25N5O3. The quantitative estimate of drug-likeness (QED) is 0.516. The van der Waals surface area contributed by atoms with E-state index in [4.69, 9.17) is 9.26 Å². The molecule has 1 atom stereocenters. The Balaban J connectivity index is 1.48. The molecule has 0 bridgehead atoms. The van der Waals surface area contributed by atoms with E-state index in [2.05, 4.69) is 20.4 Å². The Kier molecular flexibility index (Phi) is 5.22. The van der Waals surface area contributed by atoms with E-state index < -0.39 is 0 Å². The van der Waals surface area contributed by atoms with Crippen molar-refractivity contribution in [1.82, 2.24) is 19.7 Å². The lowest BCUT2D eigenvalue weighted by Gasteiger charge is -2.17. The zero-order chi connectivity index (χ0) is 22.2. The number of hydrogen-bond donors (Lipinski definition) is 1. The van der Waals surface area contributed by atoms with Crippen LogP contribution in [0.15, 0.2) is 45.8 Å². The van der Waals surface area contributed by atoms with Crippen LogP contribution in [0.25, 0.3) is 22.0 Å². The molecule has 4 heterocycles. The Morgan fingerprint density at radius 3 is 2.84 bits per heavy atom. The molecule has 0 radical (unpaired) electrons. The lowest BCUT2D eigenvalue weighted by molar-refractivity contribution is 0.0705. The largest absolute Gasteiger partial charge is 0.381 e. The first kappa shape index (κ1) is 20.4. The molecular weight excluding hydrogens is 406 g/mol. The Hall–Kier alpha value is -3.52. The molecule has 8 heteroatoms. The van der Waals surface area contributed by atoms with Gasteiger partial charge in [-0.3, -0.25) is 9.78 Å².